The van der Waals surface area contributed by atoms with Gasteiger partial charge in [0.1, 0.15) is 11.8 Å². The molecular formula is C24H23BN3O2+. The smallest absolute Gasteiger partial charge is 0.338 e. The van der Waals surface area contributed by atoms with Crippen LogP contribution in [0, 0.1) is 0 Å². The van der Waals surface area contributed by atoms with Gasteiger partial charge in [-0.25, -0.2) is 9.46 Å². The van der Waals surface area contributed by atoms with Crippen LogP contribution in [0.5, 0.6) is 0 Å². The van der Waals surface area contributed by atoms with Crippen molar-refractivity contribution in [3.8, 4) is 0 Å². The molecule has 6 heteroatoms. The van der Waals surface area contributed by atoms with E-state index in [1.165, 1.54) is 5.39 Å². The Morgan fingerprint density at radius 1 is 0.800 bits per heavy atom. The van der Waals surface area contributed by atoms with Gasteiger partial charge in [0.05, 0.1) is 33.1 Å². The average molecular weight is 396 g/mol. The minimum atomic E-state index is -0.465. The van der Waals surface area contributed by atoms with Gasteiger partial charge in [0.2, 0.25) is 0 Å². The quantitative estimate of drug-likeness (QED) is 0.309. The molecule has 2 aromatic carbocycles. The Morgan fingerprint density at radius 2 is 1.47 bits per heavy atom. The maximum absolute atomic E-state index is 6.27. The number of rotatable bonds is 1. The van der Waals surface area contributed by atoms with Gasteiger partial charge in [0, 0.05) is 16.8 Å². The Labute approximate surface area is 175 Å². The van der Waals surface area contributed by atoms with E-state index in [-0.39, 0.29) is 11.2 Å². The summed E-state index contributed by atoms with van der Waals surface area (Å²) in [6, 6.07) is 18.9. The number of aromatic nitrogens is 3. The summed E-state index contributed by atoms with van der Waals surface area (Å²) in [6.07, 6.45) is 4.15. The lowest BCUT2D eigenvalue weighted by Crippen LogP contribution is -2.53. The van der Waals surface area contributed by atoms with E-state index in [4.69, 9.17) is 14.3 Å². The maximum Gasteiger partial charge on any atom is 0.850 e. The van der Waals surface area contributed by atoms with Crippen LogP contribution in [0.1, 0.15) is 27.7 Å². The molecule has 0 saturated carbocycles. The molecule has 0 bridgehead atoms. The van der Waals surface area contributed by atoms with Gasteiger partial charge in [0.15, 0.2) is 6.20 Å². The second-order valence-corrected chi connectivity index (χ2v) is 9.06. The molecule has 0 spiro atoms. The van der Waals surface area contributed by atoms with Crippen LogP contribution < -0.4 is 4.48 Å². The highest BCUT2D eigenvalue weighted by atomic mass is 16.7. The number of benzene rings is 2. The summed E-state index contributed by atoms with van der Waals surface area (Å²) in [7, 11) is -0.465. The first kappa shape index (κ1) is 17.9. The van der Waals surface area contributed by atoms with Gasteiger partial charge in [-0.05, 0) is 45.9 Å². The molecule has 4 heterocycles. The molecule has 0 unspecified atom stereocenters. The van der Waals surface area contributed by atoms with Crippen LogP contribution in [0.3, 0.4) is 0 Å². The number of imidazole rings is 1. The predicted molar refractivity (Wildman–Crippen MR) is 119 cm³/mol. The monoisotopic (exact) mass is 396 g/mol. The van der Waals surface area contributed by atoms with Crippen molar-refractivity contribution in [2.24, 2.45) is 0 Å². The molecule has 6 rings (SSSR count). The average Bonchev–Trinajstić information content (AvgIpc) is 3.22. The van der Waals surface area contributed by atoms with Crippen molar-refractivity contribution in [1.29, 1.82) is 0 Å². The van der Waals surface area contributed by atoms with Crippen molar-refractivity contribution >= 4 is 45.6 Å². The number of hydrogen-bond acceptors (Lipinski definition) is 3. The summed E-state index contributed by atoms with van der Waals surface area (Å²) in [6.45, 7) is 8.29. The lowest BCUT2D eigenvalue weighted by Gasteiger charge is -2.30. The van der Waals surface area contributed by atoms with Gasteiger partial charge < -0.3 is 9.31 Å². The fourth-order valence-corrected chi connectivity index (χ4v) is 4.33. The van der Waals surface area contributed by atoms with Crippen molar-refractivity contribution in [1.82, 2.24) is 9.38 Å². The zero-order valence-corrected chi connectivity index (χ0v) is 17.6. The normalized spacial score (nSPS) is 18.2. The van der Waals surface area contributed by atoms with Crippen LogP contribution in [0.15, 0.2) is 67.0 Å². The molecule has 1 saturated heterocycles. The lowest BCUT2D eigenvalue weighted by atomic mass is 9.90. The zero-order valence-electron chi connectivity index (χ0n) is 17.6. The van der Waals surface area contributed by atoms with Gasteiger partial charge in [0.25, 0.3) is 0 Å². The molecule has 30 heavy (non-hydrogen) atoms. The first-order chi connectivity index (χ1) is 14.4. The Morgan fingerprint density at radius 3 is 2.23 bits per heavy atom. The predicted octanol–water partition coefficient (Wildman–Crippen LogP) is 4.52. The van der Waals surface area contributed by atoms with Gasteiger partial charge in [-0.2, -0.15) is 0 Å². The third-order valence-corrected chi connectivity index (χ3v) is 6.70. The minimum absolute atomic E-state index is 0.382. The highest BCUT2D eigenvalue weighted by Crippen LogP contribution is 2.36. The molecule has 0 amide bonds. The van der Waals surface area contributed by atoms with Crippen LogP contribution in [0.2, 0.25) is 0 Å². The van der Waals surface area contributed by atoms with E-state index in [1.54, 1.807) is 0 Å². The molecule has 0 radical (unpaired) electrons. The second-order valence-electron chi connectivity index (χ2n) is 9.06. The largest absolute Gasteiger partial charge is 0.850 e. The van der Waals surface area contributed by atoms with E-state index in [9.17, 15) is 0 Å². The van der Waals surface area contributed by atoms with Gasteiger partial charge >= 0.3 is 7.25 Å². The molecule has 1 aliphatic rings. The fourth-order valence-electron chi connectivity index (χ4n) is 4.33. The topological polar surface area (TPSA) is 39.6 Å². The summed E-state index contributed by atoms with van der Waals surface area (Å²) >= 11 is 0. The van der Waals surface area contributed by atoms with Crippen LogP contribution in [0.25, 0.3) is 38.4 Å². The van der Waals surface area contributed by atoms with Gasteiger partial charge in [-0.3, -0.25) is 4.40 Å². The summed E-state index contributed by atoms with van der Waals surface area (Å²) < 4.78 is 16.8. The molecular weight excluding hydrogens is 373 g/mol. The Balaban J connectivity index is 1.66. The molecule has 5 aromatic rings. The first-order valence-electron chi connectivity index (χ1n) is 10.3. The molecule has 148 valence electrons. The number of hydrogen-bond donors (Lipinski definition) is 0. The number of fused-ring (bicyclic) bond motifs is 8. The Kier molecular flexibility index (Phi) is 3.46. The van der Waals surface area contributed by atoms with Crippen LogP contribution in [-0.2, 0) is 9.31 Å². The zero-order chi connectivity index (χ0) is 20.7. The highest BCUT2D eigenvalue weighted by molar-refractivity contribution is 6.35. The summed E-state index contributed by atoms with van der Waals surface area (Å²) in [5, 5.41) is 3.41. The molecule has 1 fully saturated rings. The molecule has 5 nitrogen and oxygen atoms in total. The van der Waals surface area contributed by atoms with E-state index < -0.39 is 7.25 Å². The molecule has 0 aliphatic carbocycles. The van der Waals surface area contributed by atoms with Crippen LogP contribution >= 0.6 is 0 Å². The van der Waals surface area contributed by atoms with E-state index >= 15 is 0 Å². The Bertz CT molecular complexity index is 1460. The third-order valence-electron chi connectivity index (χ3n) is 6.70. The number of nitrogens with zero attached hydrogens (tertiary/aromatic N) is 3. The van der Waals surface area contributed by atoms with Crippen molar-refractivity contribution < 1.29 is 13.8 Å². The third kappa shape index (κ3) is 2.32. The van der Waals surface area contributed by atoms with E-state index in [0.29, 0.717) is 0 Å². The van der Waals surface area contributed by atoms with Gasteiger partial charge in [-0.15, -0.1) is 0 Å². The Hall–Kier alpha value is -2.96. The lowest BCUT2D eigenvalue weighted by molar-refractivity contribution is -0.561. The fraction of sp³-hybridized carbons (Fsp3) is 0.250. The first-order valence-corrected chi connectivity index (χ1v) is 10.3. The molecule has 0 N–H and O–H groups in total. The maximum atomic E-state index is 6.27. The van der Waals surface area contributed by atoms with Gasteiger partial charge in [-0.1, -0.05) is 30.3 Å². The molecule has 0 atom stereocenters. The molecule has 3 aromatic heterocycles. The molecule has 1 aliphatic heterocycles. The standard InChI is InChI=1S/C24H23BN3O2/c1-23(2)24(3,4)30-25(29-23)27-14-13-17-18(15-27)16-9-5-7-11-20(16)28-21-12-8-6-10-19(21)26-22(17)28/h5-15H,1-4H3/q+1. The van der Waals surface area contributed by atoms with Crippen molar-refractivity contribution in [3.63, 3.8) is 0 Å². The summed E-state index contributed by atoms with van der Waals surface area (Å²) in [5.74, 6) is 0. The minimum Gasteiger partial charge on any atom is -0.338 e. The number of pyridine rings is 2. The van der Waals surface area contributed by atoms with Crippen LogP contribution in [0.4, 0.5) is 0 Å². The summed E-state index contributed by atoms with van der Waals surface area (Å²) in [4.78, 5) is 4.96. The van der Waals surface area contributed by atoms with Crippen molar-refractivity contribution in [3.05, 3.63) is 67.0 Å². The van der Waals surface area contributed by atoms with E-state index in [2.05, 4.69) is 86.8 Å². The summed E-state index contributed by atoms with van der Waals surface area (Å²) in [5.41, 5.74) is 3.45. The van der Waals surface area contributed by atoms with Crippen LogP contribution in [-0.4, -0.2) is 27.8 Å². The van der Waals surface area contributed by atoms with Crippen molar-refractivity contribution in [2.75, 3.05) is 0 Å². The highest BCUT2D eigenvalue weighted by Gasteiger charge is 2.59. The number of para-hydroxylation sites is 3. The SMILES string of the molecule is CC1(C)OB([n+]2ccc3c(c2)c2ccccc2n2c4ccccc4nc32)OC1(C)C. The van der Waals surface area contributed by atoms with E-state index in [1.807, 2.05) is 16.7 Å². The second kappa shape index (κ2) is 5.81. The van der Waals surface area contributed by atoms with E-state index in [0.717, 1.165) is 33.0 Å². The van der Waals surface area contributed by atoms with Crippen molar-refractivity contribution in [2.45, 2.75) is 38.9 Å².